The lowest BCUT2D eigenvalue weighted by molar-refractivity contribution is -0.129. The molecule has 0 fully saturated rings. The van der Waals surface area contributed by atoms with Gasteiger partial charge in [0.1, 0.15) is 6.61 Å². The van der Waals surface area contributed by atoms with Gasteiger partial charge in [-0.25, -0.2) is 4.79 Å². The first kappa shape index (κ1) is 15.7. The van der Waals surface area contributed by atoms with Gasteiger partial charge in [-0.15, -0.1) is 4.52 Å². The van der Waals surface area contributed by atoms with Crippen LogP contribution < -0.4 is 0 Å². The fraction of sp³-hybridized carbons (Fsp3) is 0.625. The molecule has 0 aromatic carbocycles. The van der Waals surface area contributed by atoms with Gasteiger partial charge in [-0.1, -0.05) is 6.58 Å². The Balaban J connectivity index is 0. The lowest BCUT2D eigenvalue weighted by atomic mass is 10.7. The molecule has 6 heteroatoms. The molecule has 82 valence electrons. The van der Waals surface area contributed by atoms with E-state index in [0.29, 0.717) is 0 Å². The molecule has 0 saturated carbocycles. The van der Waals surface area contributed by atoms with Crippen molar-refractivity contribution in [2.24, 2.45) is 0 Å². The number of nitrogens with zero attached hydrogens (tertiary/aromatic N) is 1. The largest absolute Gasteiger partial charge is 0.753 e. The van der Waals surface area contributed by atoms with Crippen molar-refractivity contribution in [3.8, 4) is 0 Å². The van der Waals surface area contributed by atoms with Gasteiger partial charge >= 0.3 is 14.2 Å². The number of hydrogen-bond acceptors (Lipinski definition) is 5. The maximum Gasteiger partial charge on any atom is 0.753 e. The predicted molar refractivity (Wildman–Crippen MR) is 55.1 cm³/mol. The topological polar surface area (TPSA) is 55.8 Å². The number of carbonyl (C=O) groups excluding carboxylic acids is 1. The summed E-state index contributed by atoms with van der Waals surface area (Å²) in [6.07, 6.45) is 0.923. The van der Waals surface area contributed by atoms with Gasteiger partial charge in [0, 0.05) is 10.6 Å². The monoisotopic (exact) mass is 222 g/mol. The highest BCUT2D eigenvalue weighted by Gasteiger charge is 2.22. The van der Waals surface area contributed by atoms with E-state index < -0.39 is 14.2 Å². The molecule has 14 heavy (non-hydrogen) atoms. The second-order valence-electron chi connectivity index (χ2n) is 2.60. The fourth-order valence-electron chi connectivity index (χ4n) is 0.242. The average molecular weight is 222 g/mol. The van der Waals surface area contributed by atoms with Crippen molar-refractivity contribution in [3.63, 3.8) is 0 Å². The van der Waals surface area contributed by atoms with E-state index in [1.54, 1.807) is 6.92 Å². The third kappa shape index (κ3) is 17.4. The summed E-state index contributed by atoms with van der Waals surface area (Å²) in [5.74, 6) is -0.741. The van der Waals surface area contributed by atoms with Gasteiger partial charge in [0.15, 0.2) is 0 Å². The van der Waals surface area contributed by atoms with E-state index in [1.165, 1.54) is 0 Å². The van der Waals surface area contributed by atoms with Crippen LogP contribution in [0, 0.1) is 0 Å². The van der Waals surface area contributed by atoms with Crippen LogP contribution in [0.1, 0.15) is 6.92 Å². The van der Waals surface area contributed by atoms with Gasteiger partial charge in [0.05, 0.1) is 0 Å². The minimum atomic E-state index is -2.30. The molecule has 0 aromatic heterocycles. The molecular weight excluding hydrogens is 205 g/mol. The van der Waals surface area contributed by atoms with Crippen LogP contribution in [-0.2, 0) is 18.4 Å². The Labute approximate surface area is 85.6 Å². The molecule has 0 heterocycles. The van der Waals surface area contributed by atoms with E-state index in [1.807, 2.05) is 26.0 Å². The molecule has 0 saturated heterocycles. The van der Waals surface area contributed by atoms with Gasteiger partial charge < -0.3 is 4.90 Å². The van der Waals surface area contributed by atoms with Crippen LogP contribution in [0.2, 0.25) is 0 Å². The number of rotatable bonds is 4. The Bertz CT molecular complexity index is 191. The van der Waals surface area contributed by atoms with Crippen molar-refractivity contribution in [2.45, 2.75) is 6.92 Å². The highest BCUT2D eigenvalue weighted by atomic mass is 31.1. The van der Waals surface area contributed by atoms with E-state index in [0.717, 1.165) is 6.08 Å². The summed E-state index contributed by atoms with van der Waals surface area (Å²) in [6.45, 7) is 5.01. The Hall–Kier alpha value is -0.770. The van der Waals surface area contributed by atoms with Crippen molar-refractivity contribution in [3.05, 3.63) is 12.7 Å². The zero-order valence-electron chi connectivity index (χ0n) is 9.02. The van der Waals surface area contributed by atoms with Gasteiger partial charge in [-0.2, -0.15) is 4.52 Å². The molecule has 0 aliphatic rings. The Morgan fingerprint density at radius 2 is 1.93 bits per heavy atom. The third-order valence-corrected chi connectivity index (χ3v) is 1.36. The van der Waals surface area contributed by atoms with Gasteiger partial charge in [-0.05, 0) is 28.1 Å². The quantitative estimate of drug-likeness (QED) is 0.534. The molecule has 0 rings (SSSR count). The third-order valence-electron chi connectivity index (χ3n) is 0.566. The fourth-order valence-corrected chi connectivity index (χ4v) is 0.727. The lowest BCUT2D eigenvalue weighted by Crippen LogP contribution is -1.99. The summed E-state index contributed by atoms with van der Waals surface area (Å²) in [7, 11) is 3.70. The standard InChI is InChI=1S/C5H8O4P.C3H9N/c1-3-5(6)9-10(7)8-4-2;1-4(2)3/h3H,1,4H2,2H3;1-3H3/q+1;. The Morgan fingerprint density at radius 3 is 2.21 bits per heavy atom. The molecule has 0 radical (unpaired) electrons. The minimum absolute atomic E-state index is 0.250. The molecule has 1 atom stereocenters. The molecule has 5 nitrogen and oxygen atoms in total. The molecule has 1 unspecified atom stereocenters. The number of hydrogen-bond donors (Lipinski definition) is 0. The van der Waals surface area contributed by atoms with Crippen LogP contribution in [0.3, 0.4) is 0 Å². The molecule has 0 aromatic rings. The lowest BCUT2D eigenvalue weighted by Gasteiger charge is -1.90. The Morgan fingerprint density at radius 1 is 1.50 bits per heavy atom. The van der Waals surface area contributed by atoms with Gasteiger partial charge in [0.2, 0.25) is 0 Å². The minimum Gasteiger partial charge on any atom is -0.312 e. The van der Waals surface area contributed by atoms with E-state index in [2.05, 4.69) is 15.6 Å². The van der Waals surface area contributed by atoms with E-state index >= 15 is 0 Å². The summed E-state index contributed by atoms with van der Waals surface area (Å²) >= 11 is 0. The summed E-state index contributed by atoms with van der Waals surface area (Å²) in [4.78, 5) is 12.3. The van der Waals surface area contributed by atoms with E-state index in [4.69, 9.17) is 0 Å². The van der Waals surface area contributed by atoms with Crippen LogP contribution in [-0.4, -0.2) is 38.6 Å². The highest BCUT2D eigenvalue weighted by molar-refractivity contribution is 7.34. The molecule has 0 spiro atoms. The molecule has 0 bridgehead atoms. The van der Waals surface area contributed by atoms with Gasteiger partial charge in [0.25, 0.3) is 0 Å². The zero-order chi connectivity index (χ0) is 11.6. The van der Waals surface area contributed by atoms with Crippen molar-refractivity contribution >= 4 is 14.2 Å². The second-order valence-corrected chi connectivity index (χ2v) is 3.49. The normalized spacial score (nSPS) is 9.93. The first-order valence-corrected chi connectivity index (χ1v) is 5.09. The SMILES string of the molecule is C=CC(=O)O[P+](=O)OCC.CN(C)C. The van der Waals surface area contributed by atoms with Crippen LogP contribution in [0.4, 0.5) is 0 Å². The van der Waals surface area contributed by atoms with Gasteiger partial charge in [-0.3, -0.25) is 0 Å². The Kier molecular flexibility index (Phi) is 11.6. The van der Waals surface area contributed by atoms with Crippen LogP contribution in [0.25, 0.3) is 0 Å². The average Bonchev–Trinajstić information content (AvgIpc) is 2.03. The predicted octanol–water partition coefficient (Wildman–Crippen LogP) is 1.59. The molecule has 0 amide bonds. The van der Waals surface area contributed by atoms with Crippen molar-refractivity contribution in [2.75, 3.05) is 27.7 Å². The van der Waals surface area contributed by atoms with Crippen molar-refractivity contribution in [1.82, 2.24) is 4.90 Å². The smallest absolute Gasteiger partial charge is 0.312 e. The maximum atomic E-state index is 10.4. The van der Waals surface area contributed by atoms with Crippen LogP contribution >= 0.6 is 8.25 Å². The van der Waals surface area contributed by atoms with Crippen LogP contribution in [0.5, 0.6) is 0 Å². The van der Waals surface area contributed by atoms with E-state index in [-0.39, 0.29) is 6.61 Å². The first-order valence-electron chi connectivity index (χ1n) is 3.99. The molecule has 0 N–H and O–H groups in total. The maximum absolute atomic E-state index is 10.4. The number of carbonyl (C=O) groups is 1. The summed E-state index contributed by atoms with van der Waals surface area (Å²) < 4.78 is 19.1. The molecular formula is C8H17NO4P+. The molecule has 0 aliphatic carbocycles. The van der Waals surface area contributed by atoms with Crippen molar-refractivity contribution in [1.29, 1.82) is 0 Å². The molecule has 0 aliphatic heterocycles. The highest BCUT2D eigenvalue weighted by Crippen LogP contribution is 2.22. The second kappa shape index (κ2) is 10.3. The van der Waals surface area contributed by atoms with Crippen molar-refractivity contribution < 1.29 is 18.4 Å². The first-order chi connectivity index (χ1) is 6.43. The van der Waals surface area contributed by atoms with Crippen LogP contribution in [0.15, 0.2) is 12.7 Å². The summed E-state index contributed by atoms with van der Waals surface area (Å²) in [5, 5.41) is 0. The summed E-state index contributed by atoms with van der Waals surface area (Å²) in [5.41, 5.74) is 0. The van der Waals surface area contributed by atoms with E-state index in [9.17, 15) is 9.36 Å². The summed E-state index contributed by atoms with van der Waals surface area (Å²) in [6, 6.07) is 0. The zero-order valence-corrected chi connectivity index (χ0v) is 9.91.